The van der Waals surface area contributed by atoms with Crippen LogP contribution in [0.4, 0.5) is 26.3 Å². The molecule has 1 aliphatic heterocycles. The Kier molecular flexibility index (Phi) is 5.14. The molecule has 11 heteroatoms. The van der Waals surface area contributed by atoms with Gasteiger partial charge in [-0.25, -0.2) is 8.42 Å². The largest absolute Gasteiger partial charge is 0.393 e. The van der Waals surface area contributed by atoms with E-state index in [1.54, 1.807) is 0 Å². The van der Waals surface area contributed by atoms with Crippen LogP contribution in [0, 0.1) is 11.8 Å². The molecule has 0 aliphatic carbocycles. The second kappa shape index (κ2) is 6.38. The highest BCUT2D eigenvalue weighted by atomic mass is 35.5. The van der Waals surface area contributed by atoms with Crippen molar-refractivity contribution in [2.75, 3.05) is 13.1 Å². The van der Waals surface area contributed by atoms with Crippen molar-refractivity contribution in [2.45, 2.75) is 23.7 Å². The fourth-order valence-electron chi connectivity index (χ4n) is 2.52. The first kappa shape index (κ1) is 19.3. The molecule has 0 radical (unpaired) electrons. The summed E-state index contributed by atoms with van der Waals surface area (Å²) in [6, 6.07) is 4.91. The molecule has 1 aliphatic rings. The zero-order chi connectivity index (χ0) is 18.3. The monoisotopic (exact) mass is 395 g/mol. The molecule has 1 heterocycles. The maximum atomic E-state index is 12.9. The van der Waals surface area contributed by atoms with Gasteiger partial charge in [0, 0.05) is 13.1 Å². The smallest absolute Gasteiger partial charge is 0.207 e. The minimum atomic E-state index is -4.93. The van der Waals surface area contributed by atoms with Gasteiger partial charge in [0.25, 0.3) is 0 Å². The minimum Gasteiger partial charge on any atom is -0.207 e. The summed E-state index contributed by atoms with van der Waals surface area (Å²) in [4.78, 5) is -0.518. The number of alkyl halides is 6. The van der Waals surface area contributed by atoms with Crippen LogP contribution in [0.1, 0.15) is 6.42 Å². The quantitative estimate of drug-likeness (QED) is 0.707. The molecule has 0 N–H and O–H groups in total. The van der Waals surface area contributed by atoms with E-state index in [4.69, 9.17) is 11.6 Å². The van der Waals surface area contributed by atoms with Gasteiger partial charge in [-0.15, -0.1) is 0 Å². The summed E-state index contributed by atoms with van der Waals surface area (Å²) in [5.74, 6) is -4.79. The van der Waals surface area contributed by atoms with E-state index in [1.807, 2.05) is 0 Å². The molecule has 3 nitrogen and oxygen atoms in total. The molecule has 0 saturated carbocycles. The van der Waals surface area contributed by atoms with E-state index in [9.17, 15) is 34.8 Å². The van der Waals surface area contributed by atoms with Crippen molar-refractivity contribution in [3.8, 4) is 0 Å². The normalized spacial score (nSPS) is 24.1. The van der Waals surface area contributed by atoms with E-state index in [0.29, 0.717) is 0 Å². The Morgan fingerprint density at radius 1 is 0.958 bits per heavy atom. The third kappa shape index (κ3) is 3.97. The SMILES string of the molecule is O=S(=O)(c1ccccc1Cl)N1C[C@H](C(F)(F)F)C[C@H](C(F)(F)F)C1. The maximum Gasteiger partial charge on any atom is 0.393 e. The Morgan fingerprint density at radius 3 is 1.83 bits per heavy atom. The van der Waals surface area contributed by atoms with Crippen molar-refractivity contribution in [2.24, 2.45) is 11.8 Å². The number of hydrogen-bond acceptors (Lipinski definition) is 2. The lowest BCUT2D eigenvalue weighted by atomic mass is 9.89. The van der Waals surface area contributed by atoms with Gasteiger partial charge in [0.05, 0.1) is 16.9 Å². The Balaban J connectivity index is 2.42. The van der Waals surface area contributed by atoms with Crippen molar-refractivity contribution in [1.29, 1.82) is 0 Å². The molecule has 0 unspecified atom stereocenters. The number of nitrogens with zero attached hydrogens (tertiary/aromatic N) is 1. The number of piperidine rings is 1. The van der Waals surface area contributed by atoms with Crippen LogP contribution in [0.5, 0.6) is 0 Å². The van der Waals surface area contributed by atoms with E-state index in [-0.39, 0.29) is 9.33 Å². The lowest BCUT2D eigenvalue weighted by molar-refractivity contribution is -0.224. The first-order valence-electron chi connectivity index (χ1n) is 6.71. The first-order chi connectivity index (χ1) is 10.8. The number of rotatable bonds is 2. The molecule has 0 bridgehead atoms. The molecule has 1 aromatic rings. The van der Waals surface area contributed by atoms with Crippen molar-refractivity contribution in [3.05, 3.63) is 29.3 Å². The average Bonchev–Trinajstić information content (AvgIpc) is 2.45. The van der Waals surface area contributed by atoms with Gasteiger partial charge in [-0.2, -0.15) is 30.6 Å². The van der Waals surface area contributed by atoms with Crippen molar-refractivity contribution < 1.29 is 34.8 Å². The van der Waals surface area contributed by atoms with Gasteiger partial charge in [-0.3, -0.25) is 0 Å². The predicted molar refractivity (Wildman–Crippen MR) is 73.9 cm³/mol. The Morgan fingerprint density at radius 2 is 1.42 bits per heavy atom. The highest BCUT2D eigenvalue weighted by Gasteiger charge is 2.53. The summed E-state index contributed by atoms with van der Waals surface area (Å²) in [5.41, 5.74) is 0. The maximum absolute atomic E-state index is 12.9. The van der Waals surface area contributed by atoms with E-state index in [1.165, 1.54) is 18.2 Å². The molecular weight excluding hydrogens is 384 g/mol. The Bertz CT molecular complexity index is 681. The fraction of sp³-hybridized carbons (Fsp3) is 0.538. The van der Waals surface area contributed by atoms with Gasteiger partial charge in [-0.05, 0) is 18.6 Å². The van der Waals surface area contributed by atoms with E-state index < -0.39 is 58.6 Å². The Hall–Kier alpha value is -1.00. The highest BCUT2D eigenvalue weighted by Crippen LogP contribution is 2.43. The summed E-state index contributed by atoms with van der Waals surface area (Å²) < 4.78 is 103. The first-order valence-corrected chi connectivity index (χ1v) is 8.53. The van der Waals surface area contributed by atoms with Crippen LogP contribution in [0.2, 0.25) is 5.02 Å². The van der Waals surface area contributed by atoms with Crippen molar-refractivity contribution >= 4 is 21.6 Å². The average molecular weight is 396 g/mol. The van der Waals surface area contributed by atoms with Crippen LogP contribution in [0.15, 0.2) is 29.2 Å². The van der Waals surface area contributed by atoms with E-state index in [2.05, 4.69) is 0 Å². The third-order valence-electron chi connectivity index (χ3n) is 3.80. The molecule has 2 atom stereocenters. The summed E-state index contributed by atoms with van der Waals surface area (Å²) in [7, 11) is -4.58. The second-order valence-corrected chi connectivity index (χ2v) is 7.78. The van der Waals surface area contributed by atoms with Gasteiger partial charge >= 0.3 is 12.4 Å². The lowest BCUT2D eigenvalue weighted by Gasteiger charge is -2.38. The van der Waals surface area contributed by atoms with E-state index in [0.717, 1.165) is 6.07 Å². The molecule has 0 aromatic heterocycles. The Labute approximate surface area is 139 Å². The van der Waals surface area contributed by atoms with Gasteiger partial charge < -0.3 is 0 Å². The molecule has 1 saturated heterocycles. The zero-order valence-electron chi connectivity index (χ0n) is 11.9. The molecular formula is C13H12ClF6NO2S. The van der Waals surface area contributed by atoms with Gasteiger partial charge in [-0.1, -0.05) is 23.7 Å². The number of hydrogen-bond donors (Lipinski definition) is 0. The standard InChI is InChI=1S/C13H12ClF6NO2S/c14-10-3-1-2-4-11(10)24(22,23)21-6-8(12(15,16)17)5-9(7-21)13(18,19)20/h1-4,8-9H,5-7H2/t8-,9+. The summed E-state index contributed by atoms with van der Waals surface area (Å²) in [6.07, 6.45) is -11.1. The van der Waals surface area contributed by atoms with Gasteiger partial charge in [0.2, 0.25) is 10.0 Å². The van der Waals surface area contributed by atoms with Crippen LogP contribution in [0.25, 0.3) is 0 Å². The molecule has 1 aromatic carbocycles. The fourth-order valence-corrected chi connectivity index (χ4v) is 4.55. The van der Waals surface area contributed by atoms with Crippen LogP contribution in [0.3, 0.4) is 0 Å². The summed E-state index contributed by atoms with van der Waals surface area (Å²) >= 11 is 5.73. The summed E-state index contributed by atoms with van der Waals surface area (Å²) in [5, 5.41) is -0.268. The number of benzene rings is 1. The molecule has 2 rings (SSSR count). The molecule has 0 amide bonds. The minimum absolute atomic E-state index is 0.216. The number of halogens is 7. The van der Waals surface area contributed by atoms with Gasteiger partial charge in [0.1, 0.15) is 4.90 Å². The highest BCUT2D eigenvalue weighted by molar-refractivity contribution is 7.89. The van der Waals surface area contributed by atoms with Crippen LogP contribution in [-0.2, 0) is 10.0 Å². The topological polar surface area (TPSA) is 37.4 Å². The van der Waals surface area contributed by atoms with Crippen LogP contribution >= 0.6 is 11.6 Å². The van der Waals surface area contributed by atoms with Crippen LogP contribution in [-0.4, -0.2) is 38.2 Å². The molecule has 136 valence electrons. The van der Waals surface area contributed by atoms with Crippen molar-refractivity contribution in [1.82, 2.24) is 4.31 Å². The molecule has 0 spiro atoms. The number of sulfonamides is 1. The second-order valence-electron chi connectivity index (χ2n) is 5.47. The predicted octanol–water partition coefficient (Wildman–Crippen LogP) is 4.09. The van der Waals surface area contributed by atoms with Crippen LogP contribution < -0.4 is 0 Å². The molecule has 24 heavy (non-hydrogen) atoms. The van der Waals surface area contributed by atoms with Gasteiger partial charge in [0.15, 0.2) is 0 Å². The zero-order valence-corrected chi connectivity index (χ0v) is 13.5. The summed E-state index contributed by atoms with van der Waals surface area (Å²) in [6.45, 7) is -2.13. The lowest BCUT2D eigenvalue weighted by Crippen LogP contribution is -2.51. The van der Waals surface area contributed by atoms with Crippen molar-refractivity contribution in [3.63, 3.8) is 0 Å². The third-order valence-corrected chi connectivity index (χ3v) is 6.13. The molecule has 1 fully saturated rings. The van der Waals surface area contributed by atoms with E-state index >= 15 is 0 Å².